The molecule has 7 heteroatoms. The Balaban J connectivity index is 0.00000133. The molecule has 1 unspecified atom stereocenters. The topological polar surface area (TPSA) is 62.8 Å². The quantitative estimate of drug-likeness (QED) is 0.505. The summed E-state index contributed by atoms with van der Waals surface area (Å²) >= 11 is 0. The number of fused-ring (bicyclic) bond motifs is 1. The van der Waals surface area contributed by atoms with Gasteiger partial charge in [-0.25, -0.2) is 4.98 Å². The lowest BCUT2D eigenvalue weighted by atomic mass is 10.1. The van der Waals surface area contributed by atoms with Crippen molar-refractivity contribution in [3.8, 4) is 17.1 Å². The monoisotopic (exact) mass is 453 g/mol. The molecule has 3 aromatic rings. The number of hydrogen-bond donors (Lipinski definition) is 1. The van der Waals surface area contributed by atoms with E-state index in [2.05, 4.69) is 44.4 Å². The maximum absolute atomic E-state index is 5.71. The van der Waals surface area contributed by atoms with Crippen LogP contribution in [0.5, 0.6) is 5.75 Å². The van der Waals surface area contributed by atoms with Crippen LogP contribution >= 0.6 is 0 Å². The number of pyridine rings is 2. The summed E-state index contributed by atoms with van der Waals surface area (Å²) in [5.74, 6) is 0.761. The second-order valence-corrected chi connectivity index (χ2v) is 8.05. The number of benzene rings is 1. The molecule has 7 nitrogen and oxygen atoms in total. The van der Waals surface area contributed by atoms with E-state index >= 15 is 0 Å². The zero-order valence-electron chi connectivity index (χ0n) is 20.8. The van der Waals surface area contributed by atoms with E-state index in [9.17, 15) is 0 Å². The molecular weight excluding hydrogens is 414 g/mol. The van der Waals surface area contributed by atoms with Gasteiger partial charge in [0, 0.05) is 59.0 Å². The zero-order valence-corrected chi connectivity index (χ0v) is 20.8. The smallest absolute Gasteiger partial charge is 0.137 e. The van der Waals surface area contributed by atoms with E-state index < -0.39 is 0 Å². The number of methoxy groups -OCH3 is 1. The lowest BCUT2D eigenvalue weighted by molar-refractivity contribution is 0.121. The molecule has 0 bridgehead atoms. The molecule has 1 N–H and O–H groups in total. The van der Waals surface area contributed by atoms with Crippen molar-refractivity contribution >= 4 is 22.3 Å². The molecule has 1 aromatic carbocycles. The fourth-order valence-electron chi connectivity index (χ4n) is 3.90. The molecule has 180 valence electrons. The maximum Gasteiger partial charge on any atom is 0.137 e. The number of likely N-dealkylation sites (N-methyl/N-ethyl adjacent to an activating group) is 1. The van der Waals surface area contributed by atoms with Gasteiger partial charge in [-0.2, -0.15) is 0 Å². The van der Waals surface area contributed by atoms with Crippen LogP contribution in [-0.4, -0.2) is 70.6 Å². The summed E-state index contributed by atoms with van der Waals surface area (Å²) in [5.41, 5.74) is 4.97. The molecule has 0 radical (unpaired) electrons. The molecule has 0 saturated carbocycles. The summed E-state index contributed by atoms with van der Waals surface area (Å²) in [7, 11) is 7.79. The normalized spacial score (nSPS) is 15.3. The standard InChI is InChI=1S/C24H31N5O2.C2H6.H2/c1-25-10-12-31-18-6-8-21(26-15-18)23-14-24(29-11-9-19(16-29)30-4)20-7-5-17(28(2)3)13-22(20)27-23;1-2;/h5-8,13-15,19,25H,9-12,16H2,1-4H3;1-2H3;1H. The molecule has 33 heavy (non-hydrogen) atoms. The number of aromatic nitrogens is 2. The van der Waals surface area contributed by atoms with Crippen molar-refractivity contribution in [3.63, 3.8) is 0 Å². The number of hydrogen-bond acceptors (Lipinski definition) is 7. The largest absolute Gasteiger partial charge is 0.491 e. The van der Waals surface area contributed by atoms with Crippen molar-refractivity contribution in [1.29, 1.82) is 0 Å². The first-order chi connectivity index (χ1) is 16.1. The first-order valence-corrected chi connectivity index (χ1v) is 11.7. The van der Waals surface area contributed by atoms with Crippen molar-refractivity contribution in [1.82, 2.24) is 15.3 Å². The van der Waals surface area contributed by atoms with Gasteiger partial charge in [0.2, 0.25) is 0 Å². The van der Waals surface area contributed by atoms with E-state index in [-0.39, 0.29) is 7.53 Å². The van der Waals surface area contributed by atoms with Crippen LogP contribution < -0.4 is 19.9 Å². The molecule has 2 aromatic heterocycles. The van der Waals surface area contributed by atoms with Gasteiger partial charge in [-0.15, -0.1) is 0 Å². The number of nitrogens with one attached hydrogen (secondary N) is 1. The number of rotatable bonds is 8. The highest BCUT2D eigenvalue weighted by Gasteiger charge is 2.24. The van der Waals surface area contributed by atoms with Crippen LogP contribution in [0.25, 0.3) is 22.3 Å². The van der Waals surface area contributed by atoms with Gasteiger partial charge >= 0.3 is 0 Å². The van der Waals surface area contributed by atoms with E-state index in [1.165, 1.54) is 5.69 Å². The fraction of sp³-hybridized carbons (Fsp3) is 0.462. The number of nitrogens with zero attached hydrogens (tertiary/aromatic N) is 4. The minimum atomic E-state index is 0. The van der Waals surface area contributed by atoms with E-state index in [0.717, 1.165) is 59.8 Å². The SMILES string of the molecule is CC.CNCCOc1ccc(-c2cc(N3CCC(OC)C3)c3ccc(N(C)C)cc3n2)nc1.[HH]. The van der Waals surface area contributed by atoms with Crippen LogP contribution in [0.1, 0.15) is 21.7 Å². The minimum Gasteiger partial charge on any atom is -0.491 e. The van der Waals surface area contributed by atoms with E-state index in [1.807, 2.05) is 47.1 Å². The van der Waals surface area contributed by atoms with Gasteiger partial charge < -0.3 is 24.6 Å². The van der Waals surface area contributed by atoms with Crippen molar-refractivity contribution in [3.05, 3.63) is 42.6 Å². The van der Waals surface area contributed by atoms with Gasteiger partial charge in [0.25, 0.3) is 0 Å². The number of ether oxygens (including phenoxy) is 2. The Kier molecular flexibility index (Phi) is 8.86. The highest BCUT2D eigenvalue weighted by Crippen LogP contribution is 2.34. The molecular formula is C26H39N5O2. The van der Waals surface area contributed by atoms with Crippen LogP contribution in [0.3, 0.4) is 0 Å². The van der Waals surface area contributed by atoms with Crippen molar-refractivity contribution in [2.45, 2.75) is 26.4 Å². The molecule has 1 atom stereocenters. The van der Waals surface area contributed by atoms with Gasteiger partial charge in [0.1, 0.15) is 12.4 Å². The first kappa shape index (κ1) is 24.7. The van der Waals surface area contributed by atoms with E-state index in [4.69, 9.17) is 14.5 Å². The Labute approximate surface area is 199 Å². The Hall–Kier alpha value is -2.90. The third-order valence-electron chi connectivity index (χ3n) is 5.73. The molecule has 4 rings (SSSR count). The molecule has 1 aliphatic heterocycles. The Morgan fingerprint density at radius 3 is 2.61 bits per heavy atom. The molecule has 1 fully saturated rings. The van der Waals surface area contributed by atoms with Crippen molar-refractivity contribution in [2.75, 3.05) is 64.3 Å². The van der Waals surface area contributed by atoms with Crippen LogP contribution in [0.2, 0.25) is 0 Å². The van der Waals surface area contributed by atoms with Gasteiger partial charge in [-0.3, -0.25) is 4.98 Å². The van der Waals surface area contributed by atoms with Gasteiger partial charge in [0.05, 0.1) is 29.2 Å². The highest BCUT2D eigenvalue weighted by atomic mass is 16.5. The first-order valence-electron chi connectivity index (χ1n) is 11.7. The predicted octanol–water partition coefficient (Wildman–Crippen LogP) is 4.46. The Morgan fingerprint density at radius 1 is 1.15 bits per heavy atom. The fourth-order valence-corrected chi connectivity index (χ4v) is 3.90. The van der Waals surface area contributed by atoms with Crippen LogP contribution in [0.15, 0.2) is 42.6 Å². The van der Waals surface area contributed by atoms with Gasteiger partial charge in [-0.1, -0.05) is 13.8 Å². The predicted molar refractivity (Wildman–Crippen MR) is 140 cm³/mol. The lowest BCUT2D eigenvalue weighted by Crippen LogP contribution is -2.22. The van der Waals surface area contributed by atoms with Crippen LogP contribution in [0.4, 0.5) is 11.4 Å². The summed E-state index contributed by atoms with van der Waals surface area (Å²) in [5, 5.41) is 4.22. The molecule has 1 saturated heterocycles. The summed E-state index contributed by atoms with van der Waals surface area (Å²) in [6.07, 6.45) is 3.06. The summed E-state index contributed by atoms with van der Waals surface area (Å²) in [4.78, 5) is 14.1. The zero-order chi connectivity index (χ0) is 23.8. The Morgan fingerprint density at radius 2 is 1.97 bits per heavy atom. The van der Waals surface area contributed by atoms with Crippen LogP contribution in [-0.2, 0) is 4.74 Å². The second-order valence-electron chi connectivity index (χ2n) is 8.05. The van der Waals surface area contributed by atoms with Crippen molar-refractivity contribution < 1.29 is 10.9 Å². The summed E-state index contributed by atoms with van der Waals surface area (Å²) in [6.45, 7) is 7.26. The van der Waals surface area contributed by atoms with Gasteiger partial charge in [0.15, 0.2) is 0 Å². The van der Waals surface area contributed by atoms with E-state index in [0.29, 0.717) is 6.61 Å². The molecule has 3 heterocycles. The third-order valence-corrected chi connectivity index (χ3v) is 5.73. The maximum atomic E-state index is 5.71. The molecule has 0 aliphatic carbocycles. The van der Waals surface area contributed by atoms with Crippen LogP contribution in [0, 0.1) is 0 Å². The van der Waals surface area contributed by atoms with Crippen molar-refractivity contribution in [2.24, 2.45) is 0 Å². The minimum absolute atomic E-state index is 0. The summed E-state index contributed by atoms with van der Waals surface area (Å²) in [6, 6.07) is 12.5. The number of anilines is 2. The molecule has 1 aliphatic rings. The molecule has 0 amide bonds. The summed E-state index contributed by atoms with van der Waals surface area (Å²) < 4.78 is 11.3. The van der Waals surface area contributed by atoms with Gasteiger partial charge in [-0.05, 0) is 49.9 Å². The van der Waals surface area contributed by atoms with E-state index in [1.54, 1.807) is 13.3 Å². The highest BCUT2D eigenvalue weighted by molar-refractivity contribution is 5.96. The average Bonchev–Trinajstić information content (AvgIpc) is 3.34. The molecule has 0 spiro atoms. The lowest BCUT2D eigenvalue weighted by Gasteiger charge is -2.22. The third kappa shape index (κ3) is 5.92. The Bertz CT molecular complexity index is 1030. The average molecular weight is 454 g/mol. The second kappa shape index (κ2) is 11.8.